The molecule has 146 valence electrons. The van der Waals surface area contributed by atoms with E-state index in [-0.39, 0.29) is 17.2 Å². The number of benzene rings is 2. The zero-order chi connectivity index (χ0) is 20.4. The molecule has 0 aliphatic carbocycles. The first-order valence-corrected chi connectivity index (χ1v) is 10.6. The molecule has 0 bridgehead atoms. The van der Waals surface area contributed by atoms with E-state index in [1.807, 2.05) is 0 Å². The number of carbonyl (C=O) groups excluding carboxylic acids is 1. The van der Waals surface area contributed by atoms with Crippen LogP contribution in [0.1, 0.15) is 5.56 Å². The highest BCUT2D eigenvalue weighted by atomic mass is 35.5. The van der Waals surface area contributed by atoms with Crippen LogP contribution in [0.2, 0.25) is 5.02 Å². The second-order valence-electron chi connectivity index (χ2n) is 6.47. The Morgan fingerprint density at radius 3 is 2.43 bits per heavy atom. The molecule has 28 heavy (non-hydrogen) atoms. The lowest BCUT2D eigenvalue weighted by Crippen LogP contribution is -2.41. The fourth-order valence-electron chi connectivity index (χ4n) is 2.67. The van der Waals surface area contributed by atoms with E-state index in [1.165, 1.54) is 4.31 Å². The molecule has 1 heterocycles. The minimum Gasteiger partial charge on any atom is -0.273 e. The Morgan fingerprint density at radius 1 is 1.18 bits per heavy atom. The number of amides is 2. The fourth-order valence-corrected chi connectivity index (χ4v) is 3.74. The lowest BCUT2D eigenvalue weighted by molar-refractivity contribution is -0.777. The molecule has 1 unspecified atom stereocenters. The van der Waals surface area contributed by atoms with Crippen LogP contribution < -0.4 is 9.62 Å². The third-order valence-electron chi connectivity index (χ3n) is 4.26. The van der Waals surface area contributed by atoms with Gasteiger partial charge in [0.05, 0.1) is 24.7 Å². The summed E-state index contributed by atoms with van der Waals surface area (Å²) in [7, 11) is -1.88. The van der Waals surface area contributed by atoms with Gasteiger partial charge in [-0.15, -0.1) is 0 Å². The molecule has 1 N–H and O–H groups in total. The molecule has 2 aromatic rings. The summed E-state index contributed by atoms with van der Waals surface area (Å²) in [4.78, 5) is 12.4. The number of hydrogen-bond acceptors (Lipinski definition) is 4. The quantitative estimate of drug-likeness (QED) is 0.748. The summed E-state index contributed by atoms with van der Waals surface area (Å²) in [5, 5.41) is 7.35. The highest BCUT2D eigenvalue weighted by Gasteiger charge is 2.32. The number of hydrogen-bond donors (Lipinski definition) is 1. The molecule has 0 fully saturated rings. The monoisotopic (exact) mass is 419 g/mol. The number of quaternary nitrogens is 1. The maximum Gasteiger partial charge on any atom is 0.452 e. The van der Waals surface area contributed by atoms with E-state index in [1.54, 1.807) is 74.1 Å². The molecule has 1 aliphatic heterocycles. The average Bonchev–Trinajstić information content (AvgIpc) is 3.09. The smallest absolute Gasteiger partial charge is 0.273 e. The van der Waals surface area contributed by atoms with Crippen molar-refractivity contribution in [1.29, 1.82) is 0 Å². The van der Waals surface area contributed by atoms with Crippen molar-refractivity contribution in [2.24, 2.45) is 5.10 Å². The molecular formula is C19H20ClN4O3S+. The molecule has 3 rings (SSSR count). The number of halogens is 1. The second kappa shape index (κ2) is 7.75. The summed E-state index contributed by atoms with van der Waals surface area (Å²) in [6, 6.07) is 13.3. The number of allylic oxidation sites excluding steroid dienone is 1. The van der Waals surface area contributed by atoms with Gasteiger partial charge in [-0.25, -0.2) is 13.2 Å². The molecule has 1 atom stereocenters. The molecule has 9 heteroatoms. The molecule has 7 nitrogen and oxygen atoms in total. The van der Waals surface area contributed by atoms with Crippen LogP contribution in [0.3, 0.4) is 0 Å². The summed E-state index contributed by atoms with van der Waals surface area (Å²) < 4.78 is 25.7. The van der Waals surface area contributed by atoms with Crippen LogP contribution in [-0.2, 0) is 16.6 Å². The third-order valence-corrected chi connectivity index (χ3v) is 5.77. The predicted molar refractivity (Wildman–Crippen MR) is 112 cm³/mol. The van der Waals surface area contributed by atoms with Crippen molar-refractivity contribution in [3.63, 3.8) is 0 Å². The molecule has 0 saturated carbocycles. The molecule has 0 saturated heterocycles. The van der Waals surface area contributed by atoms with Crippen LogP contribution >= 0.6 is 11.6 Å². The highest BCUT2D eigenvalue weighted by Crippen LogP contribution is 2.26. The van der Waals surface area contributed by atoms with Crippen LogP contribution in [-0.4, -0.2) is 38.6 Å². The topological polar surface area (TPSA) is 78.8 Å². The Morgan fingerprint density at radius 2 is 1.86 bits per heavy atom. The molecule has 0 spiro atoms. The van der Waals surface area contributed by atoms with Gasteiger partial charge in [-0.05, 0) is 35.9 Å². The first kappa shape index (κ1) is 20.1. The van der Waals surface area contributed by atoms with Gasteiger partial charge in [-0.1, -0.05) is 39.5 Å². The summed E-state index contributed by atoms with van der Waals surface area (Å²) in [5.41, 5.74) is 1.71. The molecule has 2 aromatic carbocycles. The Hall–Kier alpha value is -2.68. The van der Waals surface area contributed by atoms with E-state index >= 15 is 0 Å². The fraction of sp³-hybridized carbons (Fsp3) is 0.158. The standard InChI is InChI=1S/C19H19ClN4O3S/c1-24(13-5-12-21-24)19(25)22-16-8-10-17(11-9-16)23(28(2,26)27)14-15-6-3-4-7-18(15)20/h3-13H,14H2,1-2H3/p+1. The van der Waals surface area contributed by atoms with Gasteiger partial charge in [0, 0.05) is 16.8 Å². The van der Waals surface area contributed by atoms with Crippen LogP contribution in [0.15, 0.2) is 65.9 Å². The Balaban J connectivity index is 1.81. The summed E-state index contributed by atoms with van der Waals surface area (Å²) in [6.07, 6.45) is 6.05. The third kappa shape index (κ3) is 4.41. The normalized spacial score (nSPS) is 18.2. The highest BCUT2D eigenvalue weighted by molar-refractivity contribution is 7.92. The minimum atomic E-state index is -3.54. The predicted octanol–water partition coefficient (Wildman–Crippen LogP) is 3.80. The number of urea groups is 1. The number of nitrogens with one attached hydrogen (secondary N) is 1. The van der Waals surface area contributed by atoms with Gasteiger partial charge in [-0.2, -0.15) is 0 Å². The average molecular weight is 420 g/mol. The second-order valence-corrected chi connectivity index (χ2v) is 8.78. The van der Waals surface area contributed by atoms with E-state index in [4.69, 9.17) is 11.6 Å². The van der Waals surface area contributed by atoms with Gasteiger partial charge in [-0.3, -0.25) is 9.62 Å². The van der Waals surface area contributed by atoms with E-state index < -0.39 is 10.0 Å². The lowest BCUT2D eigenvalue weighted by Gasteiger charge is -2.23. The van der Waals surface area contributed by atoms with Crippen molar-refractivity contribution in [3.05, 3.63) is 71.4 Å². The van der Waals surface area contributed by atoms with Crippen LogP contribution in [0.25, 0.3) is 0 Å². The maximum absolute atomic E-state index is 12.4. The minimum absolute atomic E-state index is 0.110. The largest absolute Gasteiger partial charge is 0.452 e. The van der Waals surface area contributed by atoms with Gasteiger partial charge in [0.2, 0.25) is 10.0 Å². The Labute approximate surface area is 169 Å². The maximum atomic E-state index is 12.4. The van der Waals surface area contributed by atoms with Crippen molar-refractivity contribution in [2.45, 2.75) is 6.54 Å². The van der Waals surface area contributed by atoms with E-state index in [9.17, 15) is 13.2 Å². The number of nitrogens with zero attached hydrogens (tertiary/aromatic N) is 3. The summed E-state index contributed by atoms with van der Waals surface area (Å²) >= 11 is 6.18. The number of carbonyl (C=O) groups is 1. The molecular weight excluding hydrogens is 400 g/mol. The van der Waals surface area contributed by atoms with Crippen molar-refractivity contribution < 1.29 is 17.8 Å². The zero-order valence-corrected chi connectivity index (χ0v) is 17.0. The molecule has 0 aromatic heterocycles. The lowest BCUT2D eigenvalue weighted by atomic mass is 10.2. The molecule has 1 aliphatic rings. The number of sulfonamides is 1. The number of rotatable bonds is 5. The van der Waals surface area contributed by atoms with Crippen molar-refractivity contribution in [1.82, 2.24) is 0 Å². The van der Waals surface area contributed by atoms with Crippen molar-refractivity contribution >= 4 is 45.2 Å². The molecule has 2 amide bonds. The van der Waals surface area contributed by atoms with Gasteiger partial charge in [0.1, 0.15) is 13.2 Å². The van der Waals surface area contributed by atoms with Crippen LogP contribution in [0.4, 0.5) is 16.2 Å². The Bertz CT molecular complexity index is 1040. The van der Waals surface area contributed by atoms with Gasteiger partial charge in [0.25, 0.3) is 0 Å². The van der Waals surface area contributed by atoms with E-state index in [0.29, 0.717) is 22.0 Å². The first-order chi connectivity index (χ1) is 13.2. The molecule has 0 radical (unpaired) electrons. The Kier molecular flexibility index (Phi) is 5.55. The van der Waals surface area contributed by atoms with Crippen molar-refractivity contribution in [2.75, 3.05) is 22.9 Å². The first-order valence-electron chi connectivity index (χ1n) is 8.41. The van der Waals surface area contributed by atoms with Crippen LogP contribution in [0, 0.1) is 0 Å². The zero-order valence-electron chi connectivity index (χ0n) is 15.4. The van der Waals surface area contributed by atoms with E-state index in [0.717, 1.165) is 6.26 Å². The van der Waals surface area contributed by atoms with Gasteiger partial charge < -0.3 is 0 Å². The van der Waals surface area contributed by atoms with Crippen molar-refractivity contribution in [3.8, 4) is 0 Å². The van der Waals surface area contributed by atoms with Crippen LogP contribution in [0.5, 0.6) is 0 Å². The summed E-state index contributed by atoms with van der Waals surface area (Å²) in [5.74, 6) is 0. The van der Waals surface area contributed by atoms with E-state index in [2.05, 4.69) is 10.4 Å². The number of anilines is 2. The summed E-state index contributed by atoms with van der Waals surface area (Å²) in [6.45, 7) is 0.110. The van der Waals surface area contributed by atoms with Gasteiger partial charge >= 0.3 is 6.03 Å². The van der Waals surface area contributed by atoms with Gasteiger partial charge in [0.15, 0.2) is 0 Å². The SMILES string of the molecule is C[N+]1(C(=O)Nc2ccc(N(Cc3ccccc3Cl)S(C)(=O)=O)cc2)C=CC=N1.